The molecule has 1 aromatic heterocycles. The normalized spacial score (nSPS) is 15.6. The number of hydrogen-bond acceptors (Lipinski definition) is 3. The number of nitrogens with zero attached hydrogens (tertiary/aromatic N) is 2. The summed E-state index contributed by atoms with van der Waals surface area (Å²) in [6.45, 7) is 8.75. The first-order chi connectivity index (χ1) is 12.8. The fourth-order valence-electron chi connectivity index (χ4n) is 3.20. The summed E-state index contributed by atoms with van der Waals surface area (Å²) >= 11 is 3.22. The summed E-state index contributed by atoms with van der Waals surface area (Å²) in [6, 6.07) is 11.2. The lowest BCUT2D eigenvalue weighted by molar-refractivity contribution is 0.0699. The predicted octanol–water partition coefficient (Wildman–Crippen LogP) is 4.33. The summed E-state index contributed by atoms with van der Waals surface area (Å²) in [5.41, 5.74) is 1.96. The van der Waals surface area contributed by atoms with Crippen molar-refractivity contribution in [3.05, 3.63) is 58.0 Å². The van der Waals surface area contributed by atoms with Gasteiger partial charge in [0, 0.05) is 31.7 Å². The molecule has 6 heteroatoms. The topological polar surface area (TPSA) is 53.8 Å². The third-order valence-corrected chi connectivity index (χ3v) is 5.28. The average Bonchev–Trinajstić information content (AvgIpc) is 2.92. The number of furan rings is 1. The molecule has 0 N–H and O–H groups in total. The number of halogens is 1. The van der Waals surface area contributed by atoms with E-state index in [1.807, 2.05) is 29.2 Å². The van der Waals surface area contributed by atoms with Crippen molar-refractivity contribution in [3.8, 4) is 0 Å². The van der Waals surface area contributed by atoms with E-state index < -0.39 is 0 Å². The van der Waals surface area contributed by atoms with Gasteiger partial charge < -0.3 is 14.2 Å². The number of carbonyl (C=O) groups is 2. The lowest BCUT2D eigenvalue weighted by atomic mass is 9.86. The van der Waals surface area contributed by atoms with Crippen molar-refractivity contribution in [1.82, 2.24) is 9.80 Å². The van der Waals surface area contributed by atoms with Gasteiger partial charge in [0.05, 0.1) is 0 Å². The number of amides is 2. The lowest BCUT2D eigenvalue weighted by Gasteiger charge is -2.23. The number of carbonyl (C=O) groups excluding carboxylic acids is 2. The summed E-state index contributed by atoms with van der Waals surface area (Å²) in [6.07, 6.45) is 0.749. The van der Waals surface area contributed by atoms with E-state index in [1.165, 1.54) is 5.56 Å². The Morgan fingerprint density at radius 3 is 2.00 bits per heavy atom. The highest BCUT2D eigenvalue weighted by Gasteiger charge is 2.25. The van der Waals surface area contributed by atoms with Gasteiger partial charge >= 0.3 is 0 Å². The monoisotopic (exact) mass is 432 g/mol. The Hall–Kier alpha value is -2.08. The van der Waals surface area contributed by atoms with Crippen LogP contribution in [0, 0.1) is 0 Å². The van der Waals surface area contributed by atoms with Gasteiger partial charge in [0.25, 0.3) is 11.8 Å². The molecule has 144 valence electrons. The van der Waals surface area contributed by atoms with Crippen LogP contribution in [0.3, 0.4) is 0 Å². The minimum atomic E-state index is -0.135. The molecule has 1 fully saturated rings. The molecule has 0 unspecified atom stereocenters. The van der Waals surface area contributed by atoms with E-state index in [9.17, 15) is 9.59 Å². The maximum absolute atomic E-state index is 12.9. The van der Waals surface area contributed by atoms with Crippen LogP contribution in [0.25, 0.3) is 0 Å². The van der Waals surface area contributed by atoms with Gasteiger partial charge in [-0.2, -0.15) is 0 Å². The minimum Gasteiger partial charge on any atom is -0.444 e. The molecule has 0 atom stereocenters. The zero-order valence-corrected chi connectivity index (χ0v) is 17.6. The van der Waals surface area contributed by atoms with Crippen LogP contribution in [0.5, 0.6) is 0 Å². The Morgan fingerprint density at radius 2 is 1.48 bits per heavy atom. The molecule has 27 heavy (non-hydrogen) atoms. The maximum Gasteiger partial charge on any atom is 0.289 e. The second-order valence-electron chi connectivity index (χ2n) is 7.87. The number of hydrogen-bond donors (Lipinski definition) is 0. The predicted molar refractivity (Wildman–Crippen MR) is 108 cm³/mol. The van der Waals surface area contributed by atoms with Gasteiger partial charge in [-0.1, -0.05) is 32.9 Å². The van der Waals surface area contributed by atoms with Crippen molar-refractivity contribution in [2.75, 3.05) is 26.2 Å². The van der Waals surface area contributed by atoms with E-state index in [0.717, 1.165) is 6.42 Å². The maximum atomic E-state index is 12.9. The summed E-state index contributed by atoms with van der Waals surface area (Å²) < 4.78 is 5.90. The molecule has 0 spiro atoms. The molecule has 0 aliphatic carbocycles. The Morgan fingerprint density at radius 1 is 0.889 bits per heavy atom. The van der Waals surface area contributed by atoms with Gasteiger partial charge in [-0.3, -0.25) is 9.59 Å². The fourth-order valence-corrected chi connectivity index (χ4v) is 3.51. The zero-order chi connectivity index (χ0) is 19.6. The van der Waals surface area contributed by atoms with Crippen molar-refractivity contribution in [2.45, 2.75) is 32.6 Å². The van der Waals surface area contributed by atoms with Crippen LogP contribution in [0.1, 0.15) is 53.7 Å². The van der Waals surface area contributed by atoms with E-state index in [-0.39, 0.29) is 17.2 Å². The summed E-state index contributed by atoms with van der Waals surface area (Å²) in [5, 5.41) is 0. The van der Waals surface area contributed by atoms with Crippen molar-refractivity contribution in [2.24, 2.45) is 0 Å². The van der Waals surface area contributed by atoms with Crippen molar-refractivity contribution in [1.29, 1.82) is 0 Å². The standard InChI is InChI=1S/C21H25BrN2O3/c1-21(2,3)16-7-5-15(6-8-16)19(25)23-11-4-12-24(14-13-23)20(26)17-9-10-18(22)27-17/h5-10H,4,11-14H2,1-3H3. The highest BCUT2D eigenvalue weighted by molar-refractivity contribution is 9.10. The van der Waals surface area contributed by atoms with Crippen molar-refractivity contribution >= 4 is 27.7 Å². The molecular formula is C21H25BrN2O3. The molecule has 1 aliphatic heterocycles. The largest absolute Gasteiger partial charge is 0.444 e. The molecule has 1 saturated heterocycles. The van der Waals surface area contributed by atoms with Crippen LogP contribution in [-0.2, 0) is 5.41 Å². The molecule has 2 aromatic rings. The minimum absolute atomic E-state index is 0.0190. The van der Waals surface area contributed by atoms with E-state index in [1.54, 1.807) is 17.0 Å². The van der Waals surface area contributed by atoms with Crippen molar-refractivity contribution in [3.63, 3.8) is 0 Å². The number of benzene rings is 1. The van der Waals surface area contributed by atoms with Gasteiger partial charge in [-0.15, -0.1) is 0 Å². The molecule has 2 amide bonds. The first-order valence-corrected chi connectivity index (χ1v) is 9.99. The smallest absolute Gasteiger partial charge is 0.289 e. The molecule has 1 aliphatic rings. The van der Waals surface area contributed by atoms with Crippen LogP contribution >= 0.6 is 15.9 Å². The Balaban J connectivity index is 1.65. The third-order valence-electron chi connectivity index (χ3n) is 4.85. The quantitative estimate of drug-likeness (QED) is 0.709. The highest BCUT2D eigenvalue weighted by atomic mass is 79.9. The van der Waals surface area contributed by atoms with Gasteiger partial charge in [-0.05, 0) is 57.6 Å². The molecule has 0 radical (unpaired) electrons. The third kappa shape index (κ3) is 4.61. The van der Waals surface area contributed by atoms with Crippen LogP contribution in [0.4, 0.5) is 0 Å². The first kappa shape index (κ1) is 19.7. The molecule has 0 saturated carbocycles. The molecule has 1 aromatic carbocycles. The molecular weight excluding hydrogens is 408 g/mol. The number of rotatable bonds is 2. The van der Waals surface area contributed by atoms with E-state index >= 15 is 0 Å². The van der Waals surface area contributed by atoms with E-state index in [4.69, 9.17) is 4.42 Å². The fraction of sp³-hybridized carbons (Fsp3) is 0.429. The second kappa shape index (κ2) is 7.89. The molecule has 0 bridgehead atoms. The summed E-state index contributed by atoms with van der Waals surface area (Å²) in [4.78, 5) is 29.0. The molecule has 5 nitrogen and oxygen atoms in total. The SMILES string of the molecule is CC(C)(C)c1ccc(C(=O)N2CCCN(C(=O)c3ccc(Br)o3)CC2)cc1. The average molecular weight is 433 g/mol. The van der Waals surface area contributed by atoms with E-state index in [0.29, 0.717) is 42.2 Å². The summed E-state index contributed by atoms with van der Waals surface area (Å²) in [5.74, 6) is 0.203. The first-order valence-electron chi connectivity index (χ1n) is 9.20. The Labute approximate surface area is 168 Å². The second-order valence-corrected chi connectivity index (χ2v) is 8.65. The lowest BCUT2D eigenvalue weighted by Crippen LogP contribution is -2.37. The van der Waals surface area contributed by atoms with Crippen molar-refractivity contribution < 1.29 is 14.0 Å². The Bertz CT molecular complexity index is 821. The molecule has 3 rings (SSSR count). The van der Waals surface area contributed by atoms with Gasteiger partial charge in [0.15, 0.2) is 10.4 Å². The van der Waals surface area contributed by atoms with Crippen LogP contribution in [0.15, 0.2) is 45.5 Å². The van der Waals surface area contributed by atoms with Crippen LogP contribution in [0.2, 0.25) is 0 Å². The molecule has 2 heterocycles. The van der Waals surface area contributed by atoms with Gasteiger partial charge in [-0.25, -0.2) is 0 Å². The Kier molecular flexibility index (Phi) is 5.75. The van der Waals surface area contributed by atoms with Crippen LogP contribution < -0.4 is 0 Å². The highest BCUT2D eigenvalue weighted by Crippen LogP contribution is 2.23. The van der Waals surface area contributed by atoms with Gasteiger partial charge in [0.2, 0.25) is 0 Å². The summed E-state index contributed by atoms with van der Waals surface area (Å²) in [7, 11) is 0. The zero-order valence-electron chi connectivity index (χ0n) is 16.0. The van der Waals surface area contributed by atoms with Gasteiger partial charge in [0.1, 0.15) is 0 Å². The van der Waals surface area contributed by atoms with Crippen LogP contribution in [-0.4, -0.2) is 47.8 Å². The van der Waals surface area contributed by atoms with E-state index in [2.05, 4.69) is 36.7 Å².